The predicted octanol–water partition coefficient (Wildman–Crippen LogP) is 5.86. The number of esters is 1. The van der Waals surface area contributed by atoms with Crippen molar-refractivity contribution in [3.63, 3.8) is 0 Å². The molecule has 2 aliphatic rings. The van der Waals surface area contributed by atoms with Crippen molar-refractivity contribution in [2.24, 2.45) is 9.98 Å². The van der Waals surface area contributed by atoms with Crippen molar-refractivity contribution < 1.29 is 66.7 Å². The summed E-state index contributed by atoms with van der Waals surface area (Å²) < 4.78 is 46.1. The Balaban J connectivity index is 1.28. The molecule has 0 aliphatic carbocycles. The van der Waals surface area contributed by atoms with E-state index in [1.165, 1.54) is 11.8 Å². The van der Waals surface area contributed by atoms with E-state index in [9.17, 15) is 28.8 Å². The molecule has 72 heavy (non-hydrogen) atoms. The van der Waals surface area contributed by atoms with Crippen molar-refractivity contribution in [1.82, 2.24) is 26.2 Å². The fourth-order valence-electron chi connectivity index (χ4n) is 7.39. The van der Waals surface area contributed by atoms with Gasteiger partial charge in [-0.15, -0.1) is 4.99 Å². The van der Waals surface area contributed by atoms with E-state index in [1.807, 2.05) is 24.3 Å². The quantitative estimate of drug-likeness (QED) is 0.0394. The number of nitrogens with zero attached hydrogens (tertiary/aromatic N) is 3. The molecule has 0 saturated carbocycles. The van der Waals surface area contributed by atoms with Crippen LogP contribution < -0.4 is 21.3 Å². The fraction of sp³-hybridized carbons (Fsp3) is 0.373. The van der Waals surface area contributed by atoms with E-state index in [-0.39, 0.29) is 70.9 Å². The fourth-order valence-corrected chi connectivity index (χ4v) is 7.39. The first-order valence-corrected chi connectivity index (χ1v) is 23.1. The second-order valence-electron chi connectivity index (χ2n) is 16.9. The lowest BCUT2D eigenvalue weighted by atomic mass is 10.0. The van der Waals surface area contributed by atoms with Crippen molar-refractivity contribution in [2.75, 3.05) is 26.2 Å². The summed E-state index contributed by atoms with van der Waals surface area (Å²) in [5.74, 6) is -2.73. The highest BCUT2D eigenvalue weighted by Gasteiger charge is 2.55. The minimum absolute atomic E-state index is 0.0488. The minimum Gasteiger partial charge on any atom is -0.461 e. The maximum Gasteiger partial charge on any atom is 0.437 e. The maximum atomic E-state index is 13.6. The number of hydrogen-bond acceptors (Lipinski definition) is 15. The minimum atomic E-state index is -1.11. The zero-order chi connectivity index (χ0) is 51.3. The Labute approximate surface area is 416 Å². The number of ether oxygens (including phenoxy) is 8. The molecule has 4 N–H and O–H groups in total. The lowest BCUT2D eigenvalue weighted by Crippen LogP contribution is -2.51. The van der Waals surface area contributed by atoms with Crippen LogP contribution in [0.2, 0.25) is 0 Å². The van der Waals surface area contributed by atoms with Crippen LogP contribution in [-0.4, -0.2) is 116 Å². The first-order chi connectivity index (χ1) is 34.7. The monoisotopic (exact) mass is 993 g/mol. The van der Waals surface area contributed by atoms with Crippen LogP contribution in [0.5, 0.6) is 0 Å². The Morgan fingerprint density at radius 1 is 0.639 bits per heavy atom. The number of nitrogens with one attached hydrogen (secondary N) is 4. The number of carbonyl (C=O) groups excluding carboxylic acids is 6. The zero-order valence-corrected chi connectivity index (χ0v) is 40.4. The Hall–Kier alpha value is -7.88. The first kappa shape index (κ1) is 53.5. The Kier molecular flexibility index (Phi) is 20.0. The molecule has 6 rings (SSSR count). The largest absolute Gasteiger partial charge is 0.461 e. The number of aliphatic imine (C=N–C) groups is 2. The van der Waals surface area contributed by atoms with Gasteiger partial charge in [-0.05, 0) is 43.0 Å². The topological polar surface area (TPSA) is 252 Å². The van der Waals surface area contributed by atoms with Gasteiger partial charge >= 0.3 is 30.3 Å². The van der Waals surface area contributed by atoms with Crippen molar-refractivity contribution >= 4 is 48.2 Å². The number of hydrogen-bond donors (Lipinski definition) is 4. The van der Waals surface area contributed by atoms with Crippen LogP contribution in [0.3, 0.4) is 0 Å². The molecule has 382 valence electrons. The highest BCUT2D eigenvalue weighted by atomic mass is 16.8. The van der Waals surface area contributed by atoms with E-state index < -0.39 is 72.6 Å². The lowest BCUT2D eigenvalue weighted by Gasteiger charge is -2.30. The molecule has 2 aliphatic heterocycles. The van der Waals surface area contributed by atoms with Gasteiger partial charge in [0.2, 0.25) is 17.8 Å². The molecule has 0 aromatic heterocycles. The summed E-state index contributed by atoms with van der Waals surface area (Å²) >= 11 is 0. The highest BCUT2D eigenvalue weighted by molar-refractivity contribution is 6.01. The molecule has 5 amide bonds. The van der Waals surface area contributed by atoms with E-state index in [4.69, 9.17) is 37.9 Å². The molecule has 21 nitrogen and oxygen atoms in total. The second-order valence-corrected chi connectivity index (χ2v) is 16.9. The van der Waals surface area contributed by atoms with Gasteiger partial charge in [-0.25, -0.2) is 19.2 Å². The number of amides is 5. The van der Waals surface area contributed by atoms with E-state index in [2.05, 4.69) is 31.3 Å². The first-order valence-electron chi connectivity index (χ1n) is 23.1. The molecule has 0 spiro atoms. The lowest BCUT2D eigenvalue weighted by molar-refractivity contribution is -0.188. The van der Waals surface area contributed by atoms with E-state index in [1.54, 1.807) is 118 Å². The van der Waals surface area contributed by atoms with Crippen LogP contribution in [0, 0.1) is 0 Å². The zero-order valence-electron chi connectivity index (χ0n) is 40.4. The smallest absolute Gasteiger partial charge is 0.437 e. The standard InChI is InChI=1S/C51H59N7O14/c1-34(69-35(2)59)28-53-42(60)27-40-43-44(72-51(3,4)71-43)41(70-40)29-58(46(56-49(63)67-32-38-21-13-7-14-22-38)57-50(64)68-33-39-23-15-8-16-24-39)26-25-52-45(54-47(61)65-30-36-17-9-5-10-18-36)55-48(62)66-31-37-19-11-6-12-20-37/h5-24,34,40-41,43-44H,25-33H2,1-4H3,(H,53,60)(H,56,57,63,64)(H2,52,54,55,61,62)/t34-,40-,41+,43+,44-/m1/s1. The van der Waals surface area contributed by atoms with Crippen LogP contribution >= 0.6 is 0 Å². The van der Waals surface area contributed by atoms with Gasteiger partial charge in [0.15, 0.2) is 5.79 Å². The second kappa shape index (κ2) is 26.9. The molecule has 0 radical (unpaired) electrons. The van der Waals surface area contributed by atoms with E-state index in [0.717, 1.165) is 0 Å². The third kappa shape index (κ3) is 18.1. The van der Waals surface area contributed by atoms with Crippen molar-refractivity contribution in [1.29, 1.82) is 0 Å². The summed E-state index contributed by atoms with van der Waals surface area (Å²) in [6, 6.07) is 35.6. The molecule has 2 saturated heterocycles. The van der Waals surface area contributed by atoms with Crippen LogP contribution in [-0.2, 0) is 73.9 Å². The van der Waals surface area contributed by atoms with Gasteiger partial charge in [0.05, 0.1) is 25.6 Å². The third-order valence-corrected chi connectivity index (χ3v) is 10.6. The molecule has 21 heteroatoms. The van der Waals surface area contributed by atoms with Crippen molar-refractivity contribution in [2.45, 2.75) is 96.9 Å². The number of benzene rings is 4. The number of rotatable bonds is 18. The van der Waals surface area contributed by atoms with Gasteiger partial charge in [-0.3, -0.25) is 30.5 Å². The highest BCUT2D eigenvalue weighted by Crippen LogP contribution is 2.40. The van der Waals surface area contributed by atoms with Gasteiger partial charge in [-0.1, -0.05) is 121 Å². The number of carbonyl (C=O) groups is 6. The Morgan fingerprint density at radius 3 is 1.56 bits per heavy atom. The summed E-state index contributed by atoms with van der Waals surface area (Å²) in [4.78, 5) is 88.3. The molecular formula is C51H59N7O14. The maximum absolute atomic E-state index is 13.6. The van der Waals surface area contributed by atoms with Crippen molar-refractivity contribution in [3.8, 4) is 0 Å². The van der Waals surface area contributed by atoms with Gasteiger partial charge in [0.25, 0.3) is 0 Å². The van der Waals surface area contributed by atoms with Crippen LogP contribution in [0.25, 0.3) is 0 Å². The van der Waals surface area contributed by atoms with Gasteiger partial charge in [-0.2, -0.15) is 0 Å². The molecule has 5 atom stereocenters. The van der Waals surface area contributed by atoms with Gasteiger partial charge in [0.1, 0.15) is 50.8 Å². The van der Waals surface area contributed by atoms with Crippen LogP contribution in [0.4, 0.5) is 19.2 Å². The van der Waals surface area contributed by atoms with Crippen LogP contribution in [0.15, 0.2) is 131 Å². The Morgan fingerprint density at radius 2 is 1.08 bits per heavy atom. The predicted molar refractivity (Wildman–Crippen MR) is 259 cm³/mol. The number of fused-ring (bicyclic) bond motifs is 1. The van der Waals surface area contributed by atoms with Crippen LogP contribution in [0.1, 0.15) is 56.4 Å². The molecule has 0 unspecified atom stereocenters. The molecule has 4 aromatic carbocycles. The summed E-state index contributed by atoms with van der Waals surface area (Å²) in [5, 5.41) is 10.2. The molecular weight excluding hydrogens is 935 g/mol. The van der Waals surface area contributed by atoms with Gasteiger partial charge in [0, 0.05) is 20.0 Å². The average Bonchev–Trinajstić information content (AvgIpc) is 3.85. The normalized spacial score (nSPS) is 18.0. The van der Waals surface area contributed by atoms with E-state index >= 15 is 0 Å². The Bertz CT molecular complexity index is 2420. The molecule has 4 aromatic rings. The molecule has 2 heterocycles. The van der Waals surface area contributed by atoms with Crippen molar-refractivity contribution in [3.05, 3.63) is 144 Å². The van der Waals surface area contributed by atoms with E-state index in [0.29, 0.717) is 22.3 Å². The number of guanidine groups is 2. The molecule has 0 bridgehead atoms. The average molecular weight is 994 g/mol. The summed E-state index contributed by atoms with van der Waals surface area (Å²) in [7, 11) is 0. The molecule has 2 fully saturated rings. The third-order valence-electron chi connectivity index (χ3n) is 10.6. The number of alkyl carbamates (subject to hydrolysis) is 3. The summed E-state index contributed by atoms with van der Waals surface area (Å²) in [6.07, 6.45) is -8.06. The SMILES string of the molecule is CC(=O)O[C@H](C)CNC(=O)C[C@H]1O[C@@H](CN(CCN=C(NC(=O)OCc2ccccc2)NC(=O)OCc2ccccc2)/C(=N/C(=O)OCc2ccccc2)NC(=O)OCc2ccccc2)[C@H]2OC(C)(C)O[C@H]21. The summed E-state index contributed by atoms with van der Waals surface area (Å²) in [6.45, 7) is 5.26. The summed E-state index contributed by atoms with van der Waals surface area (Å²) in [5.41, 5.74) is 2.76. The van der Waals surface area contributed by atoms with Gasteiger partial charge < -0.3 is 48.1 Å².